The number of hydrogen-bond donors (Lipinski definition) is 1. The smallest absolute Gasteiger partial charge is 0.231 e. The van der Waals surface area contributed by atoms with Crippen LogP contribution in [0.5, 0.6) is 11.5 Å². The van der Waals surface area contributed by atoms with Crippen molar-refractivity contribution in [2.75, 3.05) is 12.1 Å². The van der Waals surface area contributed by atoms with Crippen molar-refractivity contribution >= 4 is 33.2 Å². The summed E-state index contributed by atoms with van der Waals surface area (Å²) in [6, 6.07) is 11.8. The van der Waals surface area contributed by atoms with Crippen LogP contribution >= 0.6 is 27.5 Å². The molecule has 0 atom stereocenters. The minimum absolute atomic E-state index is 0.234. The molecular formula is C14H11BrClNO2. The number of rotatable bonds is 3. The standard InChI is InChI=1S/C14H11BrClNO2/c15-10-2-1-3-11(6-10)17-7-9-4-12(16)14-13(5-9)18-8-19-14/h1-6,17H,7-8H2. The van der Waals surface area contributed by atoms with Gasteiger partial charge in [0.05, 0.1) is 5.02 Å². The summed E-state index contributed by atoms with van der Waals surface area (Å²) >= 11 is 9.58. The summed E-state index contributed by atoms with van der Waals surface area (Å²) in [4.78, 5) is 0. The second-order valence-electron chi connectivity index (χ2n) is 4.18. The van der Waals surface area contributed by atoms with Crippen molar-refractivity contribution in [3.05, 3.63) is 51.5 Å². The molecule has 2 aromatic carbocycles. The molecule has 0 saturated carbocycles. The van der Waals surface area contributed by atoms with Crippen LogP contribution in [0.3, 0.4) is 0 Å². The molecule has 0 aromatic heterocycles. The molecule has 0 bridgehead atoms. The highest BCUT2D eigenvalue weighted by atomic mass is 79.9. The van der Waals surface area contributed by atoms with E-state index in [1.54, 1.807) is 0 Å². The van der Waals surface area contributed by atoms with Crippen LogP contribution in [0.1, 0.15) is 5.56 Å². The van der Waals surface area contributed by atoms with Gasteiger partial charge in [0.2, 0.25) is 6.79 Å². The second-order valence-corrected chi connectivity index (χ2v) is 5.50. The zero-order valence-electron chi connectivity index (χ0n) is 9.95. The summed E-state index contributed by atoms with van der Waals surface area (Å²) in [5.74, 6) is 1.34. The van der Waals surface area contributed by atoms with Gasteiger partial charge >= 0.3 is 0 Å². The van der Waals surface area contributed by atoms with Gasteiger partial charge in [-0.05, 0) is 35.9 Å². The number of fused-ring (bicyclic) bond motifs is 1. The zero-order valence-corrected chi connectivity index (χ0v) is 12.3. The minimum Gasteiger partial charge on any atom is -0.454 e. The SMILES string of the molecule is Clc1cc(CNc2cccc(Br)c2)cc2c1OCO2. The van der Waals surface area contributed by atoms with Crippen molar-refractivity contribution in [1.82, 2.24) is 0 Å². The maximum atomic E-state index is 6.14. The molecule has 3 nitrogen and oxygen atoms in total. The second kappa shape index (κ2) is 5.31. The topological polar surface area (TPSA) is 30.5 Å². The summed E-state index contributed by atoms with van der Waals surface area (Å²) in [5, 5.41) is 3.92. The molecule has 0 amide bonds. The van der Waals surface area contributed by atoms with Gasteiger partial charge in [0.25, 0.3) is 0 Å². The molecule has 98 valence electrons. The van der Waals surface area contributed by atoms with Gasteiger partial charge in [-0.3, -0.25) is 0 Å². The van der Waals surface area contributed by atoms with Crippen molar-refractivity contribution in [1.29, 1.82) is 0 Å². The normalized spacial score (nSPS) is 12.5. The Balaban J connectivity index is 1.76. The Labute approximate surface area is 124 Å². The molecule has 0 radical (unpaired) electrons. The molecule has 19 heavy (non-hydrogen) atoms. The monoisotopic (exact) mass is 339 g/mol. The van der Waals surface area contributed by atoms with Gasteiger partial charge in [0, 0.05) is 16.7 Å². The van der Waals surface area contributed by atoms with Crippen molar-refractivity contribution < 1.29 is 9.47 Å². The van der Waals surface area contributed by atoms with Crippen molar-refractivity contribution in [3.8, 4) is 11.5 Å². The van der Waals surface area contributed by atoms with Crippen LogP contribution < -0.4 is 14.8 Å². The molecule has 1 aliphatic rings. The fraction of sp³-hybridized carbons (Fsp3) is 0.143. The van der Waals surface area contributed by atoms with Crippen LogP contribution in [-0.2, 0) is 6.54 Å². The summed E-state index contributed by atoms with van der Waals surface area (Å²) in [5.41, 5.74) is 2.09. The summed E-state index contributed by atoms with van der Waals surface area (Å²) in [6.45, 7) is 0.907. The molecule has 1 aliphatic heterocycles. The predicted molar refractivity (Wildman–Crippen MR) is 79.0 cm³/mol. The van der Waals surface area contributed by atoms with Gasteiger partial charge in [0.1, 0.15) is 0 Å². The maximum Gasteiger partial charge on any atom is 0.231 e. The van der Waals surface area contributed by atoms with Crippen LogP contribution in [0, 0.1) is 0 Å². The van der Waals surface area contributed by atoms with E-state index in [0.29, 0.717) is 23.1 Å². The van der Waals surface area contributed by atoms with E-state index < -0.39 is 0 Å². The van der Waals surface area contributed by atoms with E-state index in [-0.39, 0.29) is 6.79 Å². The first-order chi connectivity index (χ1) is 9.22. The molecule has 0 saturated heterocycles. The highest BCUT2D eigenvalue weighted by Gasteiger charge is 2.18. The molecule has 0 aliphatic carbocycles. The lowest BCUT2D eigenvalue weighted by molar-refractivity contribution is 0.174. The lowest BCUT2D eigenvalue weighted by Crippen LogP contribution is -1.99. The van der Waals surface area contributed by atoms with Crippen LogP contribution in [0.2, 0.25) is 5.02 Å². The molecule has 0 spiro atoms. The summed E-state index contributed by atoms with van der Waals surface area (Å²) < 4.78 is 11.7. The Hall–Kier alpha value is -1.39. The zero-order chi connectivity index (χ0) is 13.2. The van der Waals surface area contributed by atoms with Crippen molar-refractivity contribution in [3.63, 3.8) is 0 Å². The van der Waals surface area contributed by atoms with Crippen LogP contribution in [0.25, 0.3) is 0 Å². The highest BCUT2D eigenvalue weighted by Crippen LogP contribution is 2.39. The molecule has 0 unspecified atom stereocenters. The van der Waals surface area contributed by atoms with Gasteiger partial charge in [-0.2, -0.15) is 0 Å². The maximum absolute atomic E-state index is 6.14. The highest BCUT2D eigenvalue weighted by molar-refractivity contribution is 9.10. The Morgan fingerprint density at radius 3 is 2.95 bits per heavy atom. The van der Waals surface area contributed by atoms with E-state index in [9.17, 15) is 0 Å². The first kappa shape index (κ1) is 12.6. The third-order valence-corrected chi connectivity index (χ3v) is 3.58. The van der Waals surface area contributed by atoms with E-state index in [4.69, 9.17) is 21.1 Å². The van der Waals surface area contributed by atoms with E-state index in [0.717, 1.165) is 15.7 Å². The number of ether oxygens (including phenoxy) is 2. The first-order valence-electron chi connectivity index (χ1n) is 5.80. The average Bonchev–Trinajstić information content (AvgIpc) is 2.85. The quantitative estimate of drug-likeness (QED) is 0.896. The molecule has 0 fully saturated rings. The first-order valence-corrected chi connectivity index (χ1v) is 6.97. The molecular weight excluding hydrogens is 330 g/mol. The van der Waals surface area contributed by atoms with Gasteiger partial charge < -0.3 is 14.8 Å². The van der Waals surface area contributed by atoms with Gasteiger partial charge in [-0.25, -0.2) is 0 Å². The Bertz CT molecular complexity index is 618. The third kappa shape index (κ3) is 2.80. The van der Waals surface area contributed by atoms with Crippen LogP contribution in [-0.4, -0.2) is 6.79 Å². The van der Waals surface area contributed by atoms with Crippen LogP contribution in [0.4, 0.5) is 5.69 Å². The lowest BCUT2D eigenvalue weighted by Gasteiger charge is -2.08. The largest absolute Gasteiger partial charge is 0.454 e. The van der Waals surface area contributed by atoms with E-state index in [1.807, 2.05) is 36.4 Å². The average molecular weight is 341 g/mol. The number of anilines is 1. The molecule has 1 N–H and O–H groups in total. The summed E-state index contributed by atoms with van der Waals surface area (Å²) in [7, 11) is 0. The molecule has 1 heterocycles. The van der Waals surface area contributed by atoms with E-state index in [2.05, 4.69) is 21.2 Å². The van der Waals surface area contributed by atoms with E-state index in [1.165, 1.54) is 0 Å². The molecule has 3 rings (SSSR count). The Morgan fingerprint density at radius 2 is 2.11 bits per heavy atom. The van der Waals surface area contributed by atoms with Crippen LogP contribution in [0.15, 0.2) is 40.9 Å². The fourth-order valence-corrected chi connectivity index (χ4v) is 2.61. The number of hydrogen-bond acceptors (Lipinski definition) is 3. The predicted octanol–water partition coefficient (Wildman–Crippen LogP) is 4.44. The van der Waals surface area contributed by atoms with Gasteiger partial charge in [-0.15, -0.1) is 0 Å². The molecule has 2 aromatic rings. The fourth-order valence-electron chi connectivity index (χ4n) is 1.93. The summed E-state index contributed by atoms with van der Waals surface area (Å²) in [6.07, 6.45) is 0. The number of nitrogens with one attached hydrogen (secondary N) is 1. The van der Waals surface area contributed by atoms with Crippen molar-refractivity contribution in [2.45, 2.75) is 6.54 Å². The number of benzene rings is 2. The van der Waals surface area contributed by atoms with Gasteiger partial charge in [-0.1, -0.05) is 33.6 Å². The molecule has 5 heteroatoms. The lowest BCUT2D eigenvalue weighted by atomic mass is 10.2. The Morgan fingerprint density at radius 1 is 1.21 bits per heavy atom. The third-order valence-electron chi connectivity index (χ3n) is 2.81. The van der Waals surface area contributed by atoms with Gasteiger partial charge in [0.15, 0.2) is 11.5 Å². The minimum atomic E-state index is 0.234. The Kier molecular flexibility index (Phi) is 3.53. The van der Waals surface area contributed by atoms with Crippen molar-refractivity contribution in [2.24, 2.45) is 0 Å². The number of halogens is 2. The van der Waals surface area contributed by atoms with E-state index >= 15 is 0 Å².